The number of aromatic amines is 1. The lowest BCUT2D eigenvalue weighted by Crippen LogP contribution is -2.11. The van der Waals surface area contributed by atoms with Crippen LogP contribution in [0.25, 0.3) is 10.1 Å². The molecule has 0 spiro atoms. The topological polar surface area (TPSA) is 92.8 Å². The number of aryl methyl sites for hydroxylation is 1. The molecule has 0 fully saturated rings. The Kier molecular flexibility index (Phi) is 3.48. The van der Waals surface area contributed by atoms with Crippen LogP contribution in [0, 0.1) is 6.92 Å². The summed E-state index contributed by atoms with van der Waals surface area (Å²) in [5.74, 6) is 0.479. The van der Waals surface area contributed by atoms with Crippen molar-refractivity contribution in [2.75, 3.05) is 12.4 Å². The summed E-state index contributed by atoms with van der Waals surface area (Å²) in [6.45, 7) is 1.92. The van der Waals surface area contributed by atoms with Gasteiger partial charge in [-0.05, 0) is 29.8 Å². The zero-order valence-electron chi connectivity index (χ0n) is 11.1. The first-order chi connectivity index (χ1) is 10.1. The van der Waals surface area contributed by atoms with Gasteiger partial charge in [0.25, 0.3) is 11.9 Å². The van der Waals surface area contributed by atoms with E-state index in [-0.39, 0.29) is 11.9 Å². The number of nitrogens with one attached hydrogen (secondary N) is 2. The van der Waals surface area contributed by atoms with Crippen LogP contribution in [0.5, 0.6) is 5.75 Å². The molecule has 3 aromatic rings. The number of thiophene rings is 1. The van der Waals surface area contributed by atoms with Gasteiger partial charge in [0.15, 0.2) is 0 Å². The van der Waals surface area contributed by atoms with Gasteiger partial charge >= 0.3 is 0 Å². The first kappa shape index (κ1) is 13.8. The maximum Gasteiger partial charge on any atom is 0.270 e. The Hall–Kier alpha value is -2.19. The Morgan fingerprint density at radius 2 is 2.29 bits per heavy atom. The van der Waals surface area contributed by atoms with Gasteiger partial charge in [0.2, 0.25) is 0 Å². The average molecular weight is 324 g/mol. The van der Waals surface area contributed by atoms with Crippen molar-refractivity contribution in [2.45, 2.75) is 6.92 Å². The molecule has 2 aromatic heterocycles. The molecule has 2 N–H and O–H groups in total. The molecule has 0 saturated heterocycles. The number of amides is 1. The van der Waals surface area contributed by atoms with E-state index in [0.717, 1.165) is 21.4 Å². The monoisotopic (exact) mass is 323 g/mol. The van der Waals surface area contributed by atoms with Crippen LogP contribution in [0.3, 0.4) is 0 Å². The van der Waals surface area contributed by atoms with Crippen molar-refractivity contribution in [3.63, 3.8) is 0 Å². The minimum Gasteiger partial charge on any atom is -0.496 e. The third kappa shape index (κ3) is 2.43. The van der Waals surface area contributed by atoms with Crippen molar-refractivity contribution in [3.8, 4) is 5.75 Å². The number of tetrazole rings is 1. The molecule has 0 atom stereocenters. The lowest BCUT2D eigenvalue weighted by atomic mass is 10.1. The van der Waals surface area contributed by atoms with E-state index >= 15 is 0 Å². The SMILES string of the molecule is COc1cc2sc(C(=O)Nc3nn[nH]n3)c(Cl)c2cc1C. The van der Waals surface area contributed by atoms with Crippen molar-refractivity contribution in [1.29, 1.82) is 0 Å². The predicted octanol–water partition coefficient (Wildman–Crippen LogP) is 2.64. The highest BCUT2D eigenvalue weighted by molar-refractivity contribution is 7.21. The fourth-order valence-corrected chi connectivity index (χ4v) is 3.36. The Balaban J connectivity index is 2.03. The smallest absolute Gasteiger partial charge is 0.270 e. The van der Waals surface area contributed by atoms with Crippen molar-refractivity contribution >= 4 is 44.9 Å². The fraction of sp³-hybridized carbons (Fsp3) is 0.167. The number of benzene rings is 1. The van der Waals surface area contributed by atoms with E-state index < -0.39 is 0 Å². The van der Waals surface area contributed by atoms with E-state index in [1.165, 1.54) is 11.3 Å². The van der Waals surface area contributed by atoms with E-state index in [4.69, 9.17) is 16.3 Å². The number of rotatable bonds is 3. The van der Waals surface area contributed by atoms with Crippen LogP contribution in [0.15, 0.2) is 12.1 Å². The molecule has 0 radical (unpaired) electrons. The number of ether oxygens (including phenoxy) is 1. The normalized spacial score (nSPS) is 10.8. The van der Waals surface area contributed by atoms with Gasteiger partial charge in [0, 0.05) is 10.1 Å². The third-order valence-electron chi connectivity index (χ3n) is 2.92. The van der Waals surface area contributed by atoms with Gasteiger partial charge < -0.3 is 4.74 Å². The van der Waals surface area contributed by atoms with Crippen LogP contribution in [-0.2, 0) is 0 Å². The maximum absolute atomic E-state index is 12.2. The largest absolute Gasteiger partial charge is 0.496 e. The van der Waals surface area contributed by atoms with Crippen molar-refractivity contribution in [2.24, 2.45) is 0 Å². The second kappa shape index (κ2) is 5.30. The molecule has 2 heterocycles. The molecule has 0 bridgehead atoms. The summed E-state index contributed by atoms with van der Waals surface area (Å²) in [5, 5.41) is 16.7. The first-order valence-electron chi connectivity index (χ1n) is 5.91. The molecule has 0 saturated carbocycles. The number of fused-ring (bicyclic) bond motifs is 1. The summed E-state index contributed by atoms with van der Waals surface area (Å²) in [5.41, 5.74) is 0.954. The average Bonchev–Trinajstić information content (AvgIpc) is 3.07. The number of methoxy groups -OCH3 is 1. The predicted molar refractivity (Wildman–Crippen MR) is 80.3 cm³/mol. The summed E-state index contributed by atoms with van der Waals surface area (Å²) in [7, 11) is 1.60. The number of anilines is 1. The van der Waals surface area contributed by atoms with Crippen LogP contribution in [-0.4, -0.2) is 33.6 Å². The minimum absolute atomic E-state index is 0.0993. The second-order valence-electron chi connectivity index (χ2n) is 4.25. The molecule has 0 aliphatic heterocycles. The summed E-state index contributed by atoms with van der Waals surface area (Å²) >= 11 is 7.59. The number of nitrogens with zero attached hydrogens (tertiary/aromatic N) is 3. The molecular formula is C12H10ClN5O2S. The van der Waals surface area contributed by atoms with Gasteiger partial charge in [-0.15, -0.1) is 16.4 Å². The summed E-state index contributed by atoms with van der Waals surface area (Å²) in [4.78, 5) is 12.6. The van der Waals surface area contributed by atoms with Gasteiger partial charge in [-0.3, -0.25) is 10.1 Å². The fourth-order valence-electron chi connectivity index (χ4n) is 1.94. The first-order valence-corrected chi connectivity index (χ1v) is 7.11. The maximum atomic E-state index is 12.2. The standard InChI is InChI=1S/C12H10ClN5O2S/c1-5-3-6-8(4-7(5)20-2)21-10(9(6)13)11(19)14-12-15-17-18-16-12/h3-4H,1-2H3,(H2,14,15,16,17,18,19). The number of halogens is 1. The number of hydrogen-bond acceptors (Lipinski definition) is 6. The van der Waals surface area contributed by atoms with Gasteiger partial charge in [-0.2, -0.15) is 5.21 Å². The Morgan fingerprint density at radius 1 is 1.48 bits per heavy atom. The van der Waals surface area contributed by atoms with E-state index in [2.05, 4.69) is 25.9 Å². The Bertz CT molecular complexity index is 815. The number of H-pyrrole nitrogens is 1. The quantitative estimate of drug-likeness (QED) is 0.773. The molecule has 0 unspecified atom stereocenters. The molecular weight excluding hydrogens is 314 g/mol. The summed E-state index contributed by atoms with van der Waals surface area (Å²) < 4.78 is 6.15. The van der Waals surface area contributed by atoms with Gasteiger partial charge in [-0.1, -0.05) is 16.7 Å². The molecule has 1 aromatic carbocycles. The van der Waals surface area contributed by atoms with Crippen molar-refractivity contribution < 1.29 is 9.53 Å². The number of aromatic nitrogens is 4. The molecule has 0 aliphatic rings. The Labute approximate surface area is 128 Å². The van der Waals surface area contributed by atoms with Crippen molar-refractivity contribution in [1.82, 2.24) is 20.6 Å². The van der Waals surface area contributed by atoms with Gasteiger partial charge in [0.1, 0.15) is 10.6 Å². The summed E-state index contributed by atoms with van der Waals surface area (Å²) in [6, 6.07) is 3.77. The Morgan fingerprint density at radius 3 is 2.95 bits per heavy atom. The van der Waals surface area contributed by atoms with E-state index in [0.29, 0.717) is 9.90 Å². The molecule has 1 amide bonds. The van der Waals surface area contributed by atoms with Crippen LogP contribution in [0.2, 0.25) is 5.02 Å². The van der Waals surface area contributed by atoms with Gasteiger partial charge in [-0.25, -0.2) is 0 Å². The van der Waals surface area contributed by atoms with Gasteiger partial charge in [0.05, 0.1) is 12.1 Å². The van der Waals surface area contributed by atoms with Crippen LogP contribution in [0.4, 0.5) is 5.95 Å². The van der Waals surface area contributed by atoms with E-state index in [1.54, 1.807) is 7.11 Å². The van der Waals surface area contributed by atoms with Crippen molar-refractivity contribution in [3.05, 3.63) is 27.6 Å². The summed E-state index contributed by atoms with van der Waals surface area (Å²) in [6.07, 6.45) is 0. The molecule has 0 aliphatic carbocycles. The lowest BCUT2D eigenvalue weighted by Gasteiger charge is -2.03. The van der Waals surface area contributed by atoms with Crippen LogP contribution >= 0.6 is 22.9 Å². The highest BCUT2D eigenvalue weighted by Gasteiger charge is 2.19. The highest BCUT2D eigenvalue weighted by Crippen LogP contribution is 2.38. The van der Waals surface area contributed by atoms with Crippen LogP contribution in [0.1, 0.15) is 15.2 Å². The van der Waals surface area contributed by atoms with E-state index in [1.807, 2.05) is 19.1 Å². The lowest BCUT2D eigenvalue weighted by molar-refractivity contribution is 0.103. The minimum atomic E-state index is -0.376. The number of carbonyl (C=O) groups excluding carboxylic acids is 1. The zero-order valence-corrected chi connectivity index (χ0v) is 12.7. The van der Waals surface area contributed by atoms with E-state index in [9.17, 15) is 4.79 Å². The zero-order chi connectivity index (χ0) is 15.0. The highest BCUT2D eigenvalue weighted by atomic mass is 35.5. The molecule has 7 nitrogen and oxygen atoms in total. The molecule has 3 rings (SSSR count). The molecule has 9 heteroatoms. The number of hydrogen-bond donors (Lipinski definition) is 2. The second-order valence-corrected chi connectivity index (χ2v) is 5.68. The third-order valence-corrected chi connectivity index (χ3v) is 4.58. The van der Waals surface area contributed by atoms with Crippen LogP contribution < -0.4 is 10.1 Å². The molecule has 21 heavy (non-hydrogen) atoms. The number of carbonyl (C=O) groups is 1. The molecule has 108 valence electrons.